The van der Waals surface area contributed by atoms with Gasteiger partial charge in [-0.15, -0.1) is 11.3 Å². The van der Waals surface area contributed by atoms with Gasteiger partial charge in [0.15, 0.2) is 5.75 Å². The Morgan fingerprint density at radius 1 is 1.42 bits per heavy atom. The summed E-state index contributed by atoms with van der Waals surface area (Å²) in [5.41, 5.74) is 0.744. The monoisotopic (exact) mass is 280 g/mol. The Hall–Kier alpha value is -1.33. The third kappa shape index (κ3) is 2.82. The number of aliphatic hydroxyl groups is 1. The maximum Gasteiger partial charge on any atom is 0.163 e. The van der Waals surface area contributed by atoms with Crippen molar-refractivity contribution in [2.24, 2.45) is 0 Å². The van der Waals surface area contributed by atoms with E-state index in [-0.39, 0.29) is 0 Å². The van der Waals surface area contributed by atoms with E-state index in [0.29, 0.717) is 5.75 Å². The van der Waals surface area contributed by atoms with Gasteiger partial charge in [-0.3, -0.25) is 4.68 Å². The quantitative estimate of drug-likeness (QED) is 0.885. The number of aliphatic hydroxyl groups excluding tert-OH is 1. The van der Waals surface area contributed by atoms with Gasteiger partial charge < -0.3 is 9.84 Å². The van der Waals surface area contributed by atoms with Crippen LogP contribution in [0.4, 0.5) is 0 Å². The number of rotatable bonds is 6. The Morgan fingerprint density at radius 2 is 2.21 bits per heavy atom. The lowest BCUT2D eigenvalue weighted by atomic mass is 10.2. The fourth-order valence-corrected chi connectivity index (χ4v) is 3.01. The maximum absolute atomic E-state index is 10.6. The molecular weight excluding hydrogens is 260 g/mol. The number of thiophene rings is 1. The van der Waals surface area contributed by atoms with E-state index in [2.05, 4.69) is 25.0 Å². The van der Waals surface area contributed by atoms with Crippen LogP contribution in [-0.4, -0.2) is 22.0 Å². The molecule has 2 aromatic rings. The van der Waals surface area contributed by atoms with Crippen molar-refractivity contribution >= 4 is 11.3 Å². The number of aryl methyl sites for hydroxylation is 2. The van der Waals surface area contributed by atoms with Crippen LogP contribution in [0.25, 0.3) is 0 Å². The molecule has 19 heavy (non-hydrogen) atoms. The van der Waals surface area contributed by atoms with Gasteiger partial charge in [0, 0.05) is 16.3 Å². The van der Waals surface area contributed by atoms with Crippen molar-refractivity contribution < 1.29 is 9.84 Å². The molecule has 0 aliphatic carbocycles. The van der Waals surface area contributed by atoms with Crippen molar-refractivity contribution in [3.8, 4) is 5.75 Å². The highest BCUT2D eigenvalue weighted by Crippen LogP contribution is 2.33. The van der Waals surface area contributed by atoms with Crippen molar-refractivity contribution in [2.45, 2.75) is 39.3 Å². The lowest BCUT2D eigenvalue weighted by Gasteiger charge is -2.13. The predicted molar refractivity (Wildman–Crippen MR) is 76.8 cm³/mol. The first kappa shape index (κ1) is 14.1. The van der Waals surface area contributed by atoms with Crippen LogP contribution in [0.1, 0.15) is 41.8 Å². The molecule has 0 radical (unpaired) electrons. The van der Waals surface area contributed by atoms with E-state index in [1.165, 1.54) is 4.88 Å². The molecule has 0 amide bonds. The second-order valence-corrected chi connectivity index (χ2v) is 5.58. The first-order valence-corrected chi connectivity index (χ1v) is 7.39. The van der Waals surface area contributed by atoms with E-state index in [1.54, 1.807) is 24.6 Å². The summed E-state index contributed by atoms with van der Waals surface area (Å²) in [6, 6.07) is 4.05. The zero-order valence-corrected chi connectivity index (χ0v) is 12.4. The Morgan fingerprint density at radius 3 is 2.79 bits per heavy atom. The summed E-state index contributed by atoms with van der Waals surface area (Å²) in [6.07, 6.45) is 2.95. The summed E-state index contributed by atoms with van der Waals surface area (Å²) in [6.45, 7) is 4.98. The number of nitrogens with zero attached hydrogens (tertiary/aromatic N) is 2. The third-order valence-electron chi connectivity index (χ3n) is 3.06. The third-order valence-corrected chi connectivity index (χ3v) is 4.34. The van der Waals surface area contributed by atoms with Gasteiger partial charge in [-0.25, -0.2) is 0 Å². The van der Waals surface area contributed by atoms with Gasteiger partial charge in [-0.2, -0.15) is 5.10 Å². The SMILES string of the molecule is CCCn1ncc(OC)c1C(O)c1ccc(CC)s1. The van der Waals surface area contributed by atoms with E-state index in [9.17, 15) is 5.11 Å². The van der Waals surface area contributed by atoms with Crippen molar-refractivity contribution in [1.82, 2.24) is 9.78 Å². The fraction of sp³-hybridized carbons (Fsp3) is 0.500. The molecule has 0 bridgehead atoms. The van der Waals surface area contributed by atoms with Crippen molar-refractivity contribution in [3.63, 3.8) is 0 Å². The number of hydrogen-bond donors (Lipinski definition) is 1. The van der Waals surface area contributed by atoms with Crippen LogP contribution in [0.15, 0.2) is 18.3 Å². The van der Waals surface area contributed by atoms with Crippen molar-refractivity contribution in [3.05, 3.63) is 33.8 Å². The van der Waals surface area contributed by atoms with Crippen LogP contribution in [0.2, 0.25) is 0 Å². The second-order valence-electron chi connectivity index (χ2n) is 4.38. The number of methoxy groups -OCH3 is 1. The molecule has 0 fully saturated rings. The Kier molecular flexibility index (Phi) is 4.61. The summed E-state index contributed by atoms with van der Waals surface area (Å²) in [7, 11) is 1.61. The summed E-state index contributed by atoms with van der Waals surface area (Å²) in [5, 5.41) is 14.9. The fourth-order valence-electron chi connectivity index (χ4n) is 2.07. The van der Waals surface area contributed by atoms with Gasteiger partial charge in [-0.1, -0.05) is 13.8 Å². The normalized spacial score (nSPS) is 12.6. The van der Waals surface area contributed by atoms with Gasteiger partial charge in [0.2, 0.25) is 0 Å². The van der Waals surface area contributed by atoms with Crippen LogP contribution in [-0.2, 0) is 13.0 Å². The first-order chi connectivity index (χ1) is 9.21. The summed E-state index contributed by atoms with van der Waals surface area (Å²) >= 11 is 1.64. The van der Waals surface area contributed by atoms with Gasteiger partial charge in [0.1, 0.15) is 11.8 Å². The molecule has 2 rings (SSSR count). The molecule has 0 spiro atoms. The highest BCUT2D eigenvalue weighted by molar-refractivity contribution is 7.12. The average molecular weight is 280 g/mol. The molecular formula is C14H20N2O2S. The maximum atomic E-state index is 10.6. The zero-order valence-electron chi connectivity index (χ0n) is 11.6. The topological polar surface area (TPSA) is 47.3 Å². The Labute approximate surface area is 117 Å². The van der Waals surface area contributed by atoms with Gasteiger partial charge in [0.25, 0.3) is 0 Å². The van der Waals surface area contributed by atoms with Gasteiger partial charge >= 0.3 is 0 Å². The van der Waals surface area contributed by atoms with Crippen LogP contribution in [0, 0.1) is 0 Å². The highest BCUT2D eigenvalue weighted by Gasteiger charge is 2.22. The van der Waals surface area contributed by atoms with E-state index >= 15 is 0 Å². The minimum absolute atomic E-state index is 0.646. The van der Waals surface area contributed by atoms with Crippen molar-refractivity contribution in [2.75, 3.05) is 7.11 Å². The molecule has 1 unspecified atom stereocenters. The molecule has 5 heteroatoms. The van der Waals surface area contributed by atoms with E-state index < -0.39 is 6.10 Å². The summed E-state index contributed by atoms with van der Waals surface area (Å²) < 4.78 is 7.14. The Balaban J connectivity index is 2.35. The van der Waals surface area contributed by atoms with Crippen LogP contribution in [0.3, 0.4) is 0 Å². The summed E-state index contributed by atoms with van der Waals surface area (Å²) in [5.74, 6) is 0.646. The molecule has 0 aromatic carbocycles. The molecule has 4 nitrogen and oxygen atoms in total. The van der Waals surface area contributed by atoms with Crippen LogP contribution >= 0.6 is 11.3 Å². The Bertz CT molecular complexity index is 533. The molecule has 0 saturated carbocycles. The molecule has 1 N–H and O–H groups in total. The van der Waals surface area contributed by atoms with Crippen LogP contribution in [0.5, 0.6) is 5.75 Å². The minimum Gasteiger partial charge on any atom is -0.493 e. The molecule has 0 aliphatic heterocycles. The zero-order chi connectivity index (χ0) is 13.8. The molecule has 2 heterocycles. The smallest absolute Gasteiger partial charge is 0.163 e. The lowest BCUT2D eigenvalue weighted by molar-refractivity contribution is 0.205. The average Bonchev–Trinajstić information content (AvgIpc) is 3.04. The van der Waals surface area contributed by atoms with Gasteiger partial charge in [-0.05, 0) is 25.0 Å². The largest absolute Gasteiger partial charge is 0.493 e. The highest BCUT2D eigenvalue weighted by atomic mass is 32.1. The van der Waals surface area contributed by atoms with Gasteiger partial charge in [0.05, 0.1) is 13.3 Å². The standard InChI is InChI=1S/C14H20N2O2S/c1-4-8-16-13(11(18-3)9-15-16)14(17)12-7-6-10(5-2)19-12/h6-7,9,14,17H,4-5,8H2,1-3H3. The first-order valence-electron chi connectivity index (χ1n) is 6.57. The van der Waals surface area contributed by atoms with Crippen LogP contribution < -0.4 is 4.74 Å². The minimum atomic E-state index is -0.672. The molecule has 104 valence electrons. The second kappa shape index (κ2) is 6.21. The lowest BCUT2D eigenvalue weighted by Crippen LogP contribution is -2.10. The molecule has 0 aliphatic rings. The number of hydrogen-bond acceptors (Lipinski definition) is 4. The molecule has 2 aromatic heterocycles. The molecule has 1 atom stereocenters. The number of aromatic nitrogens is 2. The number of ether oxygens (including phenoxy) is 1. The predicted octanol–water partition coefficient (Wildman–Crippen LogP) is 3.01. The van der Waals surface area contributed by atoms with E-state index in [0.717, 1.165) is 30.0 Å². The van der Waals surface area contributed by atoms with E-state index in [1.807, 2.05) is 10.7 Å². The summed E-state index contributed by atoms with van der Waals surface area (Å²) in [4.78, 5) is 2.21. The van der Waals surface area contributed by atoms with E-state index in [4.69, 9.17) is 4.74 Å². The van der Waals surface area contributed by atoms with Crippen molar-refractivity contribution in [1.29, 1.82) is 0 Å². The molecule has 0 saturated heterocycles.